The fraction of sp³-hybridized carbons (Fsp3) is 0.0769. The number of amides is 1. The summed E-state index contributed by atoms with van der Waals surface area (Å²) in [5.74, 6) is -0.271. The van der Waals surface area contributed by atoms with Crippen molar-refractivity contribution < 1.29 is 4.79 Å². The normalized spacial score (nSPS) is 10.4. The molecule has 0 fully saturated rings. The van der Waals surface area contributed by atoms with Gasteiger partial charge in [0.15, 0.2) is 0 Å². The predicted molar refractivity (Wildman–Crippen MR) is 79.2 cm³/mol. The van der Waals surface area contributed by atoms with Crippen LogP contribution >= 0.6 is 11.3 Å². The Balaban J connectivity index is 1.83. The average Bonchev–Trinajstić information content (AvgIpc) is 2.96. The van der Waals surface area contributed by atoms with Crippen LogP contribution in [0.25, 0.3) is 10.9 Å². The summed E-state index contributed by atoms with van der Waals surface area (Å²) in [6, 6.07) is 9.36. The van der Waals surface area contributed by atoms with E-state index in [2.05, 4.69) is 25.8 Å². The molecule has 0 aliphatic rings. The van der Waals surface area contributed by atoms with Gasteiger partial charge in [-0.25, -0.2) is 0 Å². The lowest BCUT2D eigenvalue weighted by Gasteiger charge is -2.04. The van der Waals surface area contributed by atoms with Crippen molar-refractivity contribution >= 4 is 39.0 Å². The second-order valence-electron chi connectivity index (χ2n) is 4.03. The van der Waals surface area contributed by atoms with Crippen molar-refractivity contribution in [2.45, 2.75) is 0 Å². The van der Waals surface area contributed by atoms with Crippen LogP contribution in [0, 0.1) is 0 Å². The first-order valence-electron chi connectivity index (χ1n) is 5.93. The van der Waals surface area contributed by atoms with E-state index in [1.54, 1.807) is 13.2 Å². The van der Waals surface area contributed by atoms with Crippen LogP contribution < -0.4 is 10.6 Å². The number of anilines is 2. The molecule has 0 spiro atoms. The van der Waals surface area contributed by atoms with Crippen molar-refractivity contribution in [1.29, 1.82) is 0 Å². The fourth-order valence-corrected chi connectivity index (χ4v) is 2.35. The number of carbonyl (C=O) groups is 1. The molecule has 2 aromatic heterocycles. The number of nitrogens with one attached hydrogen (secondary N) is 2. The Morgan fingerprint density at radius 1 is 1.25 bits per heavy atom. The summed E-state index contributed by atoms with van der Waals surface area (Å²) in [5.41, 5.74) is 1.59. The third kappa shape index (κ3) is 2.43. The molecule has 0 saturated carbocycles. The minimum atomic E-state index is -0.271. The van der Waals surface area contributed by atoms with Crippen LogP contribution in [0.1, 0.15) is 9.80 Å². The Morgan fingerprint density at radius 2 is 2.15 bits per heavy atom. The summed E-state index contributed by atoms with van der Waals surface area (Å²) in [4.78, 5) is 16.3. The van der Waals surface area contributed by atoms with Gasteiger partial charge in [0.1, 0.15) is 0 Å². The molecule has 6 nitrogen and oxygen atoms in total. The molecule has 0 aliphatic carbocycles. The van der Waals surface area contributed by atoms with Gasteiger partial charge in [-0.2, -0.15) is 0 Å². The summed E-state index contributed by atoms with van der Waals surface area (Å²) in [6.45, 7) is 0. The quantitative estimate of drug-likeness (QED) is 0.772. The first-order valence-corrected chi connectivity index (χ1v) is 6.75. The van der Waals surface area contributed by atoms with Crippen LogP contribution in [0.4, 0.5) is 10.8 Å². The van der Waals surface area contributed by atoms with Crippen LogP contribution in [-0.2, 0) is 0 Å². The number of nitrogens with zero attached hydrogens (tertiary/aromatic N) is 3. The largest absolute Gasteiger partial charge is 0.363 e. The maximum absolute atomic E-state index is 12.0. The van der Waals surface area contributed by atoms with Gasteiger partial charge >= 0.3 is 0 Å². The number of aromatic nitrogens is 3. The van der Waals surface area contributed by atoms with Gasteiger partial charge in [-0.05, 0) is 24.3 Å². The second kappa shape index (κ2) is 5.22. The predicted octanol–water partition coefficient (Wildman–Crippen LogP) is 2.38. The summed E-state index contributed by atoms with van der Waals surface area (Å²) in [5, 5.41) is 15.2. The molecule has 1 aromatic carbocycles. The molecule has 1 amide bonds. The molecule has 0 aliphatic heterocycles. The Hall–Kier alpha value is -2.54. The van der Waals surface area contributed by atoms with Crippen molar-refractivity contribution in [2.75, 3.05) is 17.7 Å². The van der Waals surface area contributed by atoms with Gasteiger partial charge in [0.05, 0.1) is 5.52 Å². The molecule has 20 heavy (non-hydrogen) atoms. The standard InChI is InChI=1S/C13H11N5OS/c1-14-13-18-17-12(20-13)11(19)16-9-4-5-10-8(7-9)3-2-6-15-10/h2-7H,1H3,(H,14,18)(H,16,19). The Morgan fingerprint density at radius 3 is 2.95 bits per heavy atom. The topological polar surface area (TPSA) is 79.8 Å². The number of hydrogen-bond donors (Lipinski definition) is 2. The monoisotopic (exact) mass is 285 g/mol. The van der Waals surface area contributed by atoms with E-state index in [0.717, 1.165) is 10.9 Å². The molecule has 3 aromatic rings. The Labute approximate surface area is 118 Å². The molecule has 0 atom stereocenters. The summed E-state index contributed by atoms with van der Waals surface area (Å²) < 4.78 is 0. The highest BCUT2D eigenvalue weighted by molar-refractivity contribution is 7.17. The van der Waals surface area contributed by atoms with Crippen molar-refractivity contribution in [1.82, 2.24) is 15.2 Å². The lowest BCUT2D eigenvalue weighted by molar-refractivity contribution is 0.102. The molecule has 0 saturated heterocycles. The highest BCUT2D eigenvalue weighted by Gasteiger charge is 2.12. The zero-order valence-electron chi connectivity index (χ0n) is 10.6. The summed E-state index contributed by atoms with van der Waals surface area (Å²) in [6.07, 6.45) is 1.74. The molecule has 100 valence electrons. The molecule has 0 bridgehead atoms. The van der Waals surface area contributed by atoms with E-state index in [1.807, 2.05) is 30.3 Å². The van der Waals surface area contributed by atoms with Crippen LogP contribution in [0.2, 0.25) is 0 Å². The Kier molecular flexibility index (Phi) is 3.26. The second-order valence-corrected chi connectivity index (χ2v) is 5.00. The minimum absolute atomic E-state index is 0.271. The third-order valence-corrected chi connectivity index (χ3v) is 3.63. The SMILES string of the molecule is CNc1nnc(C(=O)Nc2ccc3ncccc3c2)s1. The first-order chi connectivity index (χ1) is 9.76. The van der Waals surface area contributed by atoms with E-state index in [-0.39, 0.29) is 5.91 Å². The molecule has 0 unspecified atom stereocenters. The van der Waals surface area contributed by atoms with E-state index in [1.165, 1.54) is 11.3 Å². The Bertz CT molecular complexity index is 770. The zero-order chi connectivity index (χ0) is 13.9. The van der Waals surface area contributed by atoms with Crippen LogP contribution in [0.15, 0.2) is 36.5 Å². The smallest absolute Gasteiger partial charge is 0.286 e. The van der Waals surface area contributed by atoms with E-state index in [9.17, 15) is 4.79 Å². The highest BCUT2D eigenvalue weighted by Crippen LogP contribution is 2.19. The van der Waals surface area contributed by atoms with Gasteiger partial charge < -0.3 is 10.6 Å². The molecular weight excluding hydrogens is 274 g/mol. The number of carbonyl (C=O) groups excluding carboxylic acids is 1. The summed E-state index contributed by atoms with van der Waals surface area (Å²) >= 11 is 1.21. The van der Waals surface area contributed by atoms with E-state index in [0.29, 0.717) is 15.8 Å². The van der Waals surface area contributed by atoms with Gasteiger partial charge in [-0.3, -0.25) is 9.78 Å². The number of fused-ring (bicyclic) bond motifs is 1. The fourth-order valence-electron chi connectivity index (χ4n) is 1.75. The number of pyridine rings is 1. The van der Waals surface area contributed by atoms with Crippen molar-refractivity contribution in [3.05, 3.63) is 41.5 Å². The lowest BCUT2D eigenvalue weighted by Crippen LogP contribution is -2.11. The maximum atomic E-state index is 12.0. The number of hydrogen-bond acceptors (Lipinski definition) is 6. The zero-order valence-corrected chi connectivity index (χ0v) is 11.4. The average molecular weight is 285 g/mol. The van der Waals surface area contributed by atoms with E-state index >= 15 is 0 Å². The van der Waals surface area contributed by atoms with E-state index < -0.39 is 0 Å². The van der Waals surface area contributed by atoms with Crippen molar-refractivity contribution in [3.63, 3.8) is 0 Å². The van der Waals surface area contributed by atoms with Gasteiger partial charge in [-0.1, -0.05) is 17.4 Å². The highest BCUT2D eigenvalue weighted by atomic mass is 32.1. The third-order valence-electron chi connectivity index (χ3n) is 2.69. The van der Waals surface area contributed by atoms with Gasteiger partial charge in [0.2, 0.25) is 10.1 Å². The molecule has 2 N–H and O–H groups in total. The number of rotatable bonds is 3. The molecule has 2 heterocycles. The van der Waals surface area contributed by atoms with Crippen molar-refractivity contribution in [2.24, 2.45) is 0 Å². The van der Waals surface area contributed by atoms with E-state index in [4.69, 9.17) is 0 Å². The van der Waals surface area contributed by atoms with Crippen LogP contribution in [0.5, 0.6) is 0 Å². The summed E-state index contributed by atoms with van der Waals surface area (Å²) in [7, 11) is 1.73. The minimum Gasteiger partial charge on any atom is -0.363 e. The van der Waals surface area contributed by atoms with Gasteiger partial charge in [0.25, 0.3) is 5.91 Å². The molecule has 7 heteroatoms. The molecule has 3 rings (SSSR count). The molecule has 0 radical (unpaired) electrons. The molecular formula is C13H11N5OS. The first kappa shape index (κ1) is 12.5. The van der Waals surface area contributed by atoms with Gasteiger partial charge in [0, 0.05) is 24.3 Å². The lowest BCUT2D eigenvalue weighted by atomic mass is 10.2. The van der Waals surface area contributed by atoms with Crippen LogP contribution in [0.3, 0.4) is 0 Å². The number of benzene rings is 1. The van der Waals surface area contributed by atoms with Crippen molar-refractivity contribution in [3.8, 4) is 0 Å². The van der Waals surface area contributed by atoms with Gasteiger partial charge in [-0.15, -0.1) is 10.2 Å². The maximum Gasteiger partial charge on any atom is 0.286 e. The van der Waals surface area contributed by atoms with Crippen LogP contribution in [-0.4, -0.2) is 28.1 Å².